The standard InChI is InChI=1S/C21H23NO4S2/c1-26-17-6-4-15-5-7-21(23)20(19(15)11-17)13-22(12-18-3-2-9-27-18)16-8-10-28(24,25)14-16/h2-7,9,11,16,23H,8,10,12-14H2,1H3. The predicted octanol–water partition coefficient (Wildman–Crippen LogP) is 3.80. The van der Waals surface area contributed by atoms with Crippen molar-refractivity contribution in [3.63, 3.8) is 0 Å². The summed E-state index contributed by atoms with van der Waals surface area (Å²) in [6, 6.07) is 13.4. The zero-order valence-electron chi connectivity index (χ0n) is 15.7. The molecule has 0 radical (unpaired) electrons. The second-order valence-electron chi connectivity index (χ2n) is 7.19. The Morgan fingerprint density at radius 3 is 2.71 bits per heavy atom. The molecule has 1 aliphatic heterocycles. The lowest BCUT2D eigenvalue weighted by Gasteiger charge is -2.28. The molecule has 1 aliphatic rings. The van der Waals surface area contributed by atoms with Crippen LogP contribution in [-0.4, -0.2) is 43.1 Å². The van der Waals surface area contributed by atoms with Gasteiger partial charge in [-0.3, -0.25) is 4.90 Å². The SMILES string of the molecule is COc1ccc2ccc(O)c(CN(Cc3cccs3)C3CCS(=O)(=O)C3)c2c1. The highest BCUT2D eigenvalue weighted by atomic mass is 32.2. The number of fused-ring (bicyclic) bond motifs is 1. The quantitative estimate of drug-likeness (QED) is 0.661. The number of hydrogen-bond donors (Lipinski definition) is 1. The van der Waals surface area contributed by atoms with E-state index in [0.717, 1.165) is 22.1 Å². The third-order valence-electron chi connectivity index (χ3n) is 5.34. The number of thiophene rings is 1. The molecule has 0 spiro atoms. The van der Waals surface area contributed by atoms with Gasteiger partial charge in [-0.1, -0.05) is 18.2 Å². The van der Waals surface area contributed by atoms with Crippen LogP contribution in [-0.2, 0) is 22.9 Å². The van der Waals surface area contributed by atoms with Crippen molar-refractivity contribution in [1.82, 2.24) is 4.90 Å². The van der Waals surface area contributed by atoms with Crippen LogP contribution in [0.25, 0.3) is 10.8 Å². The van der Waals surface area contributed by atoms with Crippen molar-refractivity contribution >= 4 is 31.9 Å². The zero-order chi connectivity index (χ0) is 19.7. The highest BCUT2D eigenvalue weighted by molar-refractivity contribution is 7.91. The van der Waals surface area contributed by atoms with E-state index in [9.17, 15) is 13.5 Å². The summed E-state index contributed by atoms with van der Waals surface area (Å²) in [4.78, 5) is 3.37. The van der Waals surface area contributed by atoms with Crippen LogP contribution in [0.3, 0.4) is 0 Å². The fraction of sp³-hybridized carbons (Fsp3) is 0.333. The van der Waals surface area contributed by atoms with Gasteiger partial charge in [0.2, 0.25) is 0 Å². The van der Waals surface area contributed by atoms with Crippen LogP contribution in [0.5, 0.6) is 11.5 Å². The van der Waals surface area contributed by atoms with Crippen LogP contribution in [0.2, 0.25) is 0 Å². The molecule has 148 valence electrons. The Balaban J connectivity index is 1.72. The summed E-state index contributed by atoms with van der Waals surface area (Å²) in [6.07, 6.45) is 0.628. The normalized spacial score (nSPS) is 18.7. The van der Waals surface area contributed by atoms with Gasteiger partial charge in [-0.25, -0.2) is 8.42 Å². The fourth-order valence-corrected chi connectivity index (χ4v) is 6.32. The molecule has 1 saturated heterocycles. The molecule has 1 atom stereocenters. The summed E-state index contributed by atoms with van der Waals surface area (Å²) in [7, 11) is -1.37. The van der Waals surface area contributed by atoms with Gasteiger partial charge in [0.15, 0.2) is 9.84 Å². The Morgan fingerprint density at radius 2 is 2.04 bits per heavy atom. The molecular weight excluding hydrogens is 394 g/mol. The fourth-order valence-electron chi connectivity index (χ4n) is 3.83. The summed E-state index contributed by atoms with van der Waals surface area (Å²) >= 11 is 1.66. The topological polar surface area (TPSA) is 66.8 Å². The molecule has 28 heavy (non-hydrogen) atoms. The number of sulfone groups is 1. The van der Waals surface area contributed by atoms with Crippen LogP contribution in [0.4, 0.5) is 0 Å². The zero-order valence-corrected chi connectivity index (χ0v) is 17.3. The van der Waals surface area contributed by atoms with E-state index >= 15 is 0 Å². The second-order valence-corrected chi connectivity index (χ2v) is 10.5. The van der Waals surface area contributed by atoms with E-state index in [1.54, 1.807) is 24.5 Å². The first kappa shape index (κ1) is 19.2. The maximum absolute atomic E-state index is 12.1. The van der Waals surface area contributed by atoms with E-state index in [2.05, 4.69) is 11.0 Å². The van der Waals surface area contributed by atoms with Gasteiger partial charge in [0, 0.05) is 29.6 Å². The minimum Gasteiger partial charge on any atom is -0.508 e. The molecule has 4 rings (SSSR count). The van der Waals surface area contributed by atoms with Crippen LogP contribution >= 0.6 is 11.3 Å². The van der Waals surface area contributed by atoms with Crippen molar-refractivity contribution in [2.45, 2.75) is 25.6 Å². The van der Waals surface area contributed by atoms with Crippen molar-refractivity contribution in [2.24, 2.45) is 0 Å². The van der Waals surface area contributed by atoms with Crippen LogP contribution in [0.1, 0.15) is 16.9 Å². The summed E-state index contributed by atoms with van der Waals surface area (Å²) in [5.74, 6) is 1.35. The summed E-state index contributed by atoms with van der Waals surface area (Å²) in [5.41, 5.74) is 0.803. The molecule has 0 aliphatic carbocycles. The smallest absolute Gasteiger partial charge is 0.151 e. The molecule has 1 N–H and O–H groups in total. The highest BCUT2D eigenvalue weighted by Gasteiger charge is 2.33. The molecular formula is C21H23NO4S2. The Bertz CT molecular complexity index is 1080. The molecule has 1 aromatic heterocycles. The van der Waals surface area contributed by atoms with Gasteiger partial charge in [0.05, 0.1) is 18.6 Å². The molecule has 2 aromatic carbocycles. The maximum Gasteiger partial charge on any atom is 0.151 e. The van der Waals surface area contributed by atoms with Gasteiger partial charge in [0.1, 0.15) is 11.5 Å². The highest BCUT2D eigenvalue weighted by Crippen LogP contribution is 2.33. The van der Waals surface area contributed by atoms with E-state index in [0.29, 0.717) is 19.5 Å². The lowest BCUT2D eigenvalue weighted by Crippen LogP contribution is -2.35. The first-order chi connectivity index (χ1) is 13.4. The molecule has 1 fully saturated rings. The number of ether oxygens (including phenoxy) is 1. The number of hydrogen-bond acceptors (Lipinski definition) is 6. The van der Waals surface area contributed by atoms with Gasteiger partial charge in [0.25, 0.3) is 0 Å². The lowest BCUT2D eigenvalue weighted by molar-refractivity contribution is 0.195. The van der Waals surface area contributed by atoms with Gasteiger partial charge >= 0.3 is 0 Å². The monoisotopic (exact) mass is 417 g/mol. The van der Waals surface area contributed by atoms with Crippen LogP contribution in [0.15, 0.2) is 47.8 Å². The molecule has 7 heteroatoms. The minimum absolute atomic E-state index is 0.0487. The average molecular weight is 418 g/mol. The molecule has 1 unspecified atom stereocenters. The second kappa shape index (κ2) is 7.73. The number of rotatable bonds is 6. The van der Waals surface area contributed by atoms with Crippen molar-refractivity contribution in [2.75, 3.05) is 18.6 Å². The van der Waals surface area contributed by atoms with E-state index in [1.165, 1.54) is 4.88 Å². The van der Waals surface area contributed by atoms with Crippen molar-refractivity contribution in [3.05, 3.63) is 58.3 Å². The van der Waals surface area contributed by atoms with Crippen LogP contribution in [0, 0.1) is 0 Å². The summed E-state index contributed by atoms with van der Waals surface area (Å²) < 4.78 is 29.5. The molecule has 0 saturated carbocycles. The Hall–Kier alpha value is -2.09. The third kappa shape index (κ3) is 4.01. The maximum atomic E-state index is 12.1. The van der Waals surface area contributed by atoms with Gasteiger partial charge in [-0.2, -0.15) is 0 Å². The number of phenols is 1. The number of benzene rings is 2. The Morgan fingerprint density at radius 1 is 1.21 bits per heavy atom. The minimum atomic E-state index is -3.00. The molecule has 5 nitrogen and oxygen atoms in total. The summed E-state index contributed by atoms with van der Waals surface area (Å²) in [5, 5.41) is 14.6. The van der Waals surface area contributed by atoms with E-state index < -0.39 is 9.84 Å². The Labute approximate surface area is 169 Å². The van der Waals surface area contributed by atoms with E-state index in [4.69, 9.17) is 4.74 Å². The molecule has 3 aromatic rings. The average Bonchev–Trinajstić information content (AvgIpc) is 3.31. The number of methoxy groups -OCH3 is 1. The van der Waals surface area contributed by atoms with Gasteiger partial charge in [-0.05, 0) is 46.8 Å². The lowest BCUT2D eigenvalue weighted by atomic mass is 10.0. The number of phenolic OH excluding ortho intramolecular Hbond substituents is 1. The van der Waals surface area contributed by atoms with Crippen LogP contribution < -0.4 is 4.74 Å². The number of nitrogens with zero attached hydrogens (tertiary/aromatic N) is 1. The first-order valence-corrected chi connectivity index (χ1v) is 11.9. The molecule has 0 bridgehead atoms. The Kier molecular flexibility index (Phi) is 5.31. The van der Waals surface area contributed by atoms with Crippen molar-refractivity contribution < 1.29 is 18.3 Å². The van der Waals surface area contributed by atoms with E-state index in [1.807, 2.05) is 35.7 Å². The van der Waals surface area contributed by atoms with Crippen molar-refractivity contribution in [3.8, 4) is 11.5 Å². The van der Waals surface area contributed by atoms with Crippen molar-refractivity contribution in [1.29, 1.82) is 0 Å². The van der Waals surface area contributed by atoms with Gasteiger partial charge in [-0.15, -0.1) is 11.3 Å². The predicted molar refractivity (Wildman–Crippen MR) is 113 cm³/mol. The molecule has 0 amide bonds. The largest absolute Gasteiger partial charge is 0.508 e. The third-order valence-corrected chi connectivity index (χ3v) is 7.95. The number of aromatic hydroxyl groups is 1. The van der Waals surface area contributed by atoms with E-state index in [-0.39, 0.29) is 23.3 Å². The summed E-state index contributed by atoms with van der Waals surface area (Å²) in [6.45, 7) is 1.14. The van der Waals surface area contributed by atoms with Gasteiger partial charge < -0.3 is 9.84 Å². The molecule has 2 heterocycles. The first-order valence-electron chi connectivity index (χ1n) is 9.20.